The second kappa shape index (κ2) is 13.6. The van der Waals surface area contributed by atoms with Crippen molar-refractivity contribution >= 4 is 0 Å². The van der Waals surface area contributed by atoms with E-state index in [9.17, 15) is 0 Å². The molecule has 0 spiro atoms. The van der Waals surface area contributed by atoms with Crippen LogP contribution in [0.3, 0.4) is 0 Å². The lowest BCUT2D eigenvalue weighted by atomic mass is 9.77. The molecule has 0 aliphatic heterocycles. The summed E-state index contributed by atoms with van der Waals surface area (Å²) in [4.78, 5) is 0. The van der Waals surface area contributed by atoms with Gasteiger partial charge in [-0.3, -0.25) is 0 Å². The highest BCUT2D eigenvalue weighted by molar-refractivity contribution is 5.64. The van der Waals surface area contributed by atoms with E-state index < -0.39 is 0 Å². The van der Waals surface area contributed by atoms with Gasteiger partial charge in [-0.1, -0.05) is 75.4 Å². The highest BCUT2D eigenvalue weighted by atomic mass is 16.5. The summed E-state index contributed by atoms with van der Waals surface area (Å²) in [6, 6.07) is 17.8. The zero-order chi connectivity index (χ0) is 21.7. The molecule has 1 fully saturated rings. The van der Waals surface area contributed by atoms with Gasteiger partial charge in [-0.2, -0.15) is 0 Å². The quantitative estimate of drug-likeness (QED) is 0.330. The van der Waals surface area contributed by atoms with Crippen LogP contribution in [0.5, 0.6) is 5.75 Å². The molecule has 0 heterocycles. The molecular formula is C29H42O2. The van der Waals surface area contributed by atoms with Crippen LogP contribution < -0.4 is 4.74 Å². The first kappa shape index (κ1) is 23.9. The van der Waals surface area contributed by atoms with Gasteiger partial charge in [0.15, 0.2) is 0 Å². The summed E-state index contributed by atoms with van der Waals surface area (Å²) in [6.07, 6.45) is 15.3. The normalized spacial score (nSPS) is 18.8. The van der Waals surface area contributed by atoms with Crippen LogP contribution >= 0.6 is 0 Å². The van der Waals surface area contributed by atoms with Gasteiger partial charge >= 0.3 is 0 Å². The van der Waals surface area contributed by atoms with Crippen molar-refractivity contribution in [1.82, 2.24) is 0 Å². The van der Waals surface area contributed by atoms with E-state index in [2.05, 4.69) is 55.5 Å². The van der Waals surface area contributed by atoms with E-state index >= 15 is 0 Å². The molecule has 1 saturated carbocycles. The molecule has 0 saturated heterocycles. The van der Waals surface area contributed by atoms with E-state index in [-0.39, 0.29) is 0 Å². The van der Waals surface area contributed by atoms with Crippen molar-refractivity contribution < 1.29 is 9.84 Å². The predicted octanol–water partition coefficient (Wildman–Crippen LogP) is 8.14. The third-order valence-electron chi connectivity index (χ3n) is 6.95. The molecular weight excluding hydrogens is 380 g/mol. The minimum absolute atomic E-state index is 0.295. The largest absolute Gasteiger partial charge is 0.494 e. The van der Waals surface area contributed by atoms with Gasteiger partial charge in [0.25, 0.3) is 0 Å². The number of ether oxygens (including phenoxy) is 1. The van der Waals surface area contributed by atoms with Crippen LogP contribution in [0.2, 0.25) is 0 Å². The highest BCUT2D eigenvalue weighted by Gasteiger charge is 2.22. The van der Waals surface area contributed by atoms with E-state index in [1.165, 1.54) is 68.1 Å². The number of rotatable bonds is 13. The van der Waals surface area contributed by atoms with Gasteiger partial charge in [0.05, 0.1) is 6.61 Å². The van der Waals surface area contributed by atoms with Crippen molar-refractivity contribution in [3.63, 3.8) is 0 Å². The number of hydrogen-bond acceptors (Lipinski definition) is 2. The molecule has 2 heteroatoms. The molecule has 0 aromatic heterocycles. The van der Waals surface area contributed by atoms with E-state index in [0.29, 0.717) is 6.61 Å². The fourth-order valence-corrected chi connectivity index (χ4v) is 4.92. The topological polar surface area (TPSA) is 29.5 Å². The Morgan fingerprint density at radius 1 is 0.742 bits per heavy atom. The number of unbranched alkanes of at least 4 members (excludes halogenated alkanes) is 5. The molecule has 1 aliphatic rings. The predicted molar refractivity (Wildman–Crippen MR) is 132 cm³/mol. The molecule has 31 heavy (non-hydrogen) atoms. The Labute approximate surface area is 190 Å². The van der Waals surface area contributed by atoms with Crippen LogP contribution in [0.25, 0.3) is 11.1 Å². The highest BCUT2D eigenvalue weighted by Crippen LogP contribution is 2.38. The lowest BCUT2D eigenvalue weighted by Crippen LogP contribution is -2.13. The fraction of sp³-hybridized carbons (Fsp3) is 0.586. The Kier molecular flexibility index (Phi) is 10.4. The minimum atomic E-state index is 0.295. The molecule has 0 radical (unpaired) electrons. The molecule has 1 aliphatic carbocycles. The van der Waals surface area contributed by atoms with E-state index in [0.717, 1.165) is 49.9 Å². The second-order valence-electron chi connectivity index (χ2n) is 9.35. The first-order valence-electron chi connectivity index (χ1n) is 12.7. The first-order valence-corrected chi connectivity index (χ1v) is 12.7. The van der Waals surface area contributed by atoms with Gasteiger partial charge in [-0.25, -0.2) is 0 Å². The monoisotopic (exact) mass is 422 g/mol. The molecule has 3 rings (SSSR count). The maximum Gasteiger partial charge on any atom is 0.119 e. The Hall–Kier alpha value is -1.80. The van der Waals surface area contributed by atoms with Crippen molar-refractivity contribution in [3.05, 3.63) is 54.1 Å². The molecule has 0 amide bonds. The van der Waals surface area contributed by atoms with Crippen LogP contribution in [-0.4, -0.2) is 18.3 Å². The van der Waals surface area contributed by atoms with Gasteiger partial charge in [0.1, 0.15) is 5.75 Å². The number of aliphatic hydroxyl groups is 1. The average molecular weight is 423 g/mol. The van der Waals surface area contributed by atoms with Crippen LogP contribution in [0.15, 0.2) is 48.5 Å². The summed E-state index contributed by atoms with van der Waals surface area (Å²) in [5, 5.41) is 8.81. The molecule has 0 unspecified atom stereocenters. The summed E-state index contributed by atoms with van der Waals surface area (Å²) >= 11 is 0. The van der Waals surface area contributed by atoms with Gasteiger partial charge in [0, 0.05) is 6.61 Å². The molecule has 2 aromatic rings. The lowest BCUT2D eigenvalue weighted by molar-refractivity contribution is 0.273. The first-order chi connectivity index (χ1) is 15.3. The Morgan fingerprint density at radius 3 is 2.03 bits per heavy atom. The second-order valence-corrected chi connectivity index (χ2v) is 9.35. The summed E-state index contributed by atoms with van der Waals surface area (Å²) in [6.45, 7) is 3.34. The summed E-state index contributed by atoms with van der Waals surface area (Å²) in [5.41, 5.74) is 4.06. The Bertz CT molecular complexity index is 711. The van der Waals surface area contributed by atoms with Crippen molar-refractivity contribution in [2.24, 2.45) is 5.92 Å². The van der Waals surface area contributed by atoms with Crippen molar-refractivity contribution in [3.8, 4) is 16.9 Å². The van der Waals surface area contributed by atoms with Gasteiger partial charge in [0.2, 0.25) is 0 Å². The third kappa shape index (κ3) is 8.00. The van der Waals surface area contributed by atoms with Crippen LogP contribution in [0.1, 0.15) is 95.5 Å². The number of benzene rings is 2. The Balaban J connectivity index is 1.43. The Morgan fingerprint density at radius 2 is 1.39 bits per heavy atom. The third-order valence-corrected chi connectivity index (χ3v) is 6.95. The summed E-state index contributed by atoms with van der Waals surface area (Å²) < 4.78 is 5.85. The van der Waals surface area contributed by atoms with E-state index in [1.807, 2.05) is 0 Å². The van der Waals surface area contributed by atoms with Crippen LogP contribution in [0, 0.1) is 5.92 Å². The molecule has 1 N–H and O–H groups in total. The maximum absolute atomic E-state index is 8.81. The maximum atomic E-state index is 8.81. The molecule has 2 aromatic carbocycles. The number of aliphatic hydroxyl groups excluding tert-OH is 1. The smallest absolute Gasteiger partial charge is 0.119 e. The van der Waals surface area contributed by atoms with Gasteiger partial charge < -0.3 is 9.84 Å². The van der Waals surface area contributed by atoms with Gasteiger partial charge in [-0.15, -0.1) is 0 Å². The van der Waals surface area contributed by atoms with Crippen LogP contribution in [-0.2, 0) is 0 Å². The lowest BCUT2D eigenvalue weighted by Gasteiger charge is -2.29. The van der Waals surface area contributed by atoms with E-state index in [1.54, 1.807) is 0 Å². The number of hydrogen-bond donors (Lipinski definition) is 1. The SMILES string of the molecule is CCCCCC1CCC(c2ccc(-c3ccc(OCCCCCCO)cc3)cc2)CC1. The molecule has 170 valence electrons. The zero-order valence-electron chi connectivity index (χ0n) is 19.5. The van der Waals surface area contributed by atoms with Gasteiger partial charge in [-0.05, 0) is 85.6 Å². The molecule has 0 bridgehead atoms. The van der Waals surface area contributed by atoms with Crippen molar-refractivity contribution in [2.75, 3.05) is 13.2 Å². The summed E-state index contributed by atoms with van der Waals surface area (Å²) in [7, 11) is 0. The molecule has 0 atom stereocenters. The average Bonchev–Trinajstić information content (AvgIpc) is 2.82. The van der Waals surface area contributed by atoms with Crippen LogP contribution in [0.4, 0.5) is 0 Å². The minimum Gasteiger partial charge on any atom is -0.494 e. The standard InChI is InChI=1S/C29H42O2/c1-2-3-6-9-24-10-12-25(13-11-24)26-14-16-27(17-15-26)28-18-20-29(21-19-28)31-23-8-5-4-7-22-30/h14-21,24-25,30H,2-13,22-23H2,1H3. The van der Waals surface area contributed by atoms with Crippen molar-refractivity contribution in [2.45, 2.75) is 89.9 Å². The van der Waals surface area contributed by atoms with E-state index in [4.69, 9.17) is 9.84 Å². The van der Waals surface area contributed by atoms with Crippen molar-refractivity contribution in [1.29, 1.82) is 0 Å². The molecule has 2 nitrogen and oxygen atoms in total. The summed E-state index contributed by atoms with van der Waals surface area (Å²) in [5.74, 6) is 2.67. The fourth-order valence-electron chi connectivity index (χ4n) is 4.92. The zero-order valence-corrected chi connectivity index (χ0v) is 19.5.